The summed E-state index contributed by atoms with van der Waals surface area (Å²) >= 11 is 3.58. The quantitative estimate of drug-likeness (QED) is 0.525. The van der Waals surface area contributed by atoms with Crippen LogP contribution in [0.2, 0.25) is 0 Å². The second-order valence-corrected chi connectivity index (χ2v) is 7.69. The van der Waals surface area contributed by atoms with Crippen molar-refractivity contribution in [2.24, 2.45) is 5.10 Å². The first-order valence-electron chi connectivity index (χ1n) is 9.31. The molecule has 5 nitrogen and oxygen atoms in total. The Morgan fingerprint density at radius 1 is 1.18 bits per heavy atom. The van der Waals surface area contributed by atoms with Crippen LogP contribution in [0.1, 0.15) is 42.5 Å². The van der Waals surface area contributed by atoms with E-state index in [1.54, 1.807) is 6.26 Å². The Morgan fingerprint density at radius 2 is 2.04 bits per heavy atom. The molecule has 28 heavy (non-hydrogen) atoms. The van der Waals surface area contributed by atoms with Crippen molar-refractivity contribution in [3.05, 3.63) is 82.2 Å². The van der Waals surface area contributed by atoms with E-state index in [-0.39, 0.29) is 12.3 Å². The van der Waals surface area contributed by atoms with Gasteiger partial charge in [0.2, 0.25) is 6.23 Å². The smallest absolute Gasteiger partial charge is 0.246 e. The fourth-order valence-electron chi connectivity index (χ4n) is 3.76. The molecule has 3 aromatic rings. The molecule has 0 amide bonds. The number of fused-ring (bicyclic) bond motifs is 3. The van der Waals surface area contributed by atoms with Crippen LogP contribution in [0.4, 0.5) is 0 Å². The number of nitrogens with zero attached hydrogens (tertiary/aromatic N) is 2. The number of rotatable bonds is 4. The van der Waals surface area contributed by atoms with Gasteiger partial charge in [0.25, 0.3) is 0 Å². The van der Waals surface area contributed by atoms with Crippen molar-refractivity contribution in [2.45, 2.75) is 25.6 Å². The fraction of sp³-hybridized carbons (Fsp3) is 0.227. The number of ether oxygens (including phenoxy) is 2. The fourth-order valence-corrected chi connectivity index (χ4v) is 4.14. The summed E-state index contributed by atoms with van der Waals surface area (Å²) in [6.07, 6.45) is 2.09. The van der Waals surface area contributed by atoms with Crippen molar-refractivity contribution in [3.8, 4) is 11.5 Å². The molecule has 5 rings (SSSR count). The third-order valence-electron chi connectivity index (χ3n) is 5.04. The zero-order valence-corrected chi connectivity index (χ0v) is 16.9. The zero-order chi connectivity index (χ0) is 19.1. The van der Waals surface area contributed by atoms with Gasteiger partial charge in [0.15, 0.2) is 5.76 Å². The van der Waals surface area contributed by atoms with E-state index in [0.717, 1.165) is 45.0 Å². The van der Waals surface area contributed by atoms with Gasteiger partial charge in [-0.25, -0.2) is 5.01 Å². The molecule has 6 heteroatoms. The van der Waals surface area contributed by atoms with Gasteiger partial charge in [-0.1, -0.05) is 15.9 Å². The highest BCUT2D eigenvalue weighted by atomic mass is 79.9. The van der Waals surface area contributed by atoms with Crippen LogP contribution in [-0.2, 0) is 0 Å². The largest absolute Gasteiger partial charge is 0.494 e. The Kier molecular flexibility index (Phi) is 4.36. The summed E-state index contributed by atoms with van der Waals surface area (Å²) in [4.78, 5) is 0. The van der Waals surface area contributed by atoms with Crippen molar-refractivity contribution in [1.29, 1.82) is 0 Å². The van der Waals surface area contributed by atoms with Gasteiger partial charge in [0.05, 0.1) is 24.6 Å². The number of benzene rings is 2. The van der Waals surface area contributed by atoms with Crippen LogP contribution in [0.5, 0.6) is 11.5 Å². The van der Waals surface area contributed by atoms with Crippen molar-refractivity contribution in [2.75, 3.05) is 6.61 Å². The Hall–Kier alpha value is -2.73. The standard InChI is InChI=1S/C22H19BrN2O3/c1-2-26-16-8-5-14(6-9-16)18-13-19-17-12-15(23)7-10-20(17)28-22(25(19)24-18)21-4-3-11-27-21/h3-12,19,22H,2,13H2,1H3. The Morgan fingerprint density at radius 3 is 2.79 bits per heavy atom. The molecule has 142 valence electrons. The molecule has 2 aliphatic heterocycles. The van der Waals surface area contributed by atoms with E-state index in [2.05, 4.69) is 34.1 Å². The third kappa shape index (κ3) is 2.98. The maximum Gasteiger partial charge on any atom is 0.246 e. The minimum atomic E-state index is -0.381. The minimum Gasteiger partial charge on any atom is -0.494 e. The number of hydrogen-bond donors (Lipinski definition) is 0. The monoisotopic (exact) mass is 438 g/mol. The van der Waals surface area contributed by atoms with Crippen molar-refractivity contribution in [1.82, 2.24) is 5.01 Å². The number of halogens is 1. The molecule has 0 saturated heterocycles. The van der Waals surface area contributed by atoms with Crippen LogP contribution < -0.4 is 9.47 Å². The molecule has 2 unspecified atom stereocenters. The van der Waals surface area contributed by atoms with E-state index >= 15 is 0 Å². The lowest BCUT2D eigenvalue weighted by atomic mass is 9.96. The van der Waals surface area contributed by atoms with Gasteiger partial charge in [0, 0.05) is 16.5 Å². The van der Waals surface area contributed by atoms with Crippen LogP contribution in [0, 0.1) is 0 Å². The van der Waals surface area contributed by atoms with E-state index in [9.17, 15) is 0 Å². The van der Waals surface area contributed by atoms with Gasteiger partial charge >= 0.3 is 0 Å². The summed E-state index contributed by atoms with van der Waals surface area (Å²) in [5.74, 6) is 2.48. The van der Waals surface area contributed by atoms with Crippen LogP contribution in [0.25, 0.3) is 0 Å². The summed E-state index contributed by atoms with van der Waals surface area (Å²) < 4.78 is 18.5. The average molecular weight is 439 g/mol. The van der Waals surface area contributed by atoms with E-state index in [1.165, 1.54) is 0 Å². The van der Waals surface area contributed by atoms with Crippen LogP contribution in [-0.4, -0.2) is 17.3 Å². The normalized spacial score (nSPS) is 20.2. The zero-order valence-electron chi connectivity index (χ0n) is 15.3. The van der Waals surface area contributed by atoms with Crippen molar-refractivity contribution >= 4 is 21.6 Å². The Labute approximate surface area is 171 Å². The van der Waals surface area contributed by atoms with E-state index < -0.39 is 0 Å². The van der Waals surface area contributed by atoms with Crippen molar-refractivity contribution in [3.63, 3.8) is 0 Å². The molecule has 0 fully saturated rings. The van der Waals surface area contributed by atoms with Gasteiger partial charge < -0.3 is 13.9 Å². The molecule has 2 aromatic carbocycles. The predicted molar refractivity (Wildman–Crippen MR) is 110 cm³/mol. The minimum absolute atomic E-state index is 0.0953. The summed E-state index contributed by atoms with van der Waals surface area (Å²) in [5.41, 5.74) is 3.25. The first kappa shape index (κ1) is 17.4. The maximum absolute atomic E-state index is 6.26. The highest BCUT2D eigenvalue weighted by Crippen LogP contribution is 2.48. The van der Waals surface area contributed by atoms with Crippen LogP contribution in [0.15, 0.2) is 74.9 Å². The predicted octanol–water partition coefficient (Wildman–Crippen LogP) is 5.68. The summed E-state index contributed by atoms with van der Waals surface area (Å²) in [6.45, 7) is 2.64. The third-order valence-corrected chi connectivity index (χ3v) is 5.53. The molecule has 0 radical (unpaired) electrons. The van der Waals surface area contributed by atoms with Gasteiger partial charge in [-0.2, -0.15) is 5.10 Å². The van der Waals surface area contributed by atoms with Gasteiger partial charge in [0.1, 0.15) is 11.5 Å². The van der Waals surface area contributed by atoms with Crippen LogP contribution >= 0.6 is 15.9 Å². The topological polar surface area (TPSA) is 47.2 Å². The van der Waals surface area contributed by atoms with E-state index in [4.69, 9.17) is 19.0 Å². The number of hydrazone groups is 1. The lowest BCUT2D eigenvalue weighted by Gasteiger charge is -2.37. The number of furan rings is 1. The second-order valence-electron chi connectivity index (χ2n) is 6.77. The molecule has 0 aliphatic carbocycles. The Balaban J connectivity index is 1.53. The molecule has 2 atom stereocenters. The Bertz CT molecular complexity index is 1010. The molecule has 0 saturated carbocycles. The summed E-state index contributed by atoms with van der Waals surface area (Å²) in [7, 11) is 0. The molecule has 0 bridgehead atoms. The molecule has 1 aromatic heterocycles. The summed E-state index contributed by atoms with van der Waals surface area (Å²) in [6, 6.07) is 18.1. The molecular weight excluding hydrogens is 420 g/mol. The molecule has 2 aliphatic rings. The SMILES string of the molecule is CCOc1ccc(C2=NN3C(C2)c2cc(Br)ccc2OC3c2ccco2)cc1. The van der Waals surface area contributed by atoms with Gasteiger partial charge in [-0.05, 0) is 67.1 Å². The van der Waals surface area contributed by atoms with E-state index in [0.29, 0.717) is 6.61 Å². The van der Waals surface area contributed by atoms with E-state index in [1.807, 2.05) is 48.3 Å². The second kappa shape index (κ2) is 7.02. The lowest BCUT2D eigenvalue weighted by molar-refractivity contribution is -0.0325. The first-order chi connectivity index (χ1) is 13.7. The first-order valence-corrected chi connectivity index (χ1v) is 10.1. The molecule has 0 spiro atoms. The summed E-state index contributed by atoms with van der Waals surface area (Å²) in [5, 5.41) is 6.94. The highest BCUT2D eigenvalue weighted by molar-refractivity contribution is 9.10. The van der Waals surface area contributed by atoms with Crippen molar-refractivity contribution < 1.29 is 13.9 Å². The molecule has 3 heterocycles. The number of hydrogen-bond acceptors (Lipinski definition) is 5. The van der Waals surface area contributed by atoms with Gasteiger partial charge in [-0.15, -0.1) is 0 Å². The average Bonchev–Trinajstić information content (AvgIpc) is 3.39. The van der Waals surface area contributed by atoms with Gasteiger partial charge in [-0.3, -0.25) is 0 Å². The highest BCUT2D eigenvalue weighted by Gasteiger charge is 2.42. The molecule has 0 N–H and O–H groups in total. The maximum atomic E-state index is 6.26. The lowest BCUT2D eigenvalue weighted by Crippen LogP contribution is -2.33. The van der Waals surface area contributed by atoms with Crippen LogP contribution in [0.3, 0.4) is 0 Å². The molecular formula is C22H19BrN2O3.